The maximum absolute atomic E-state index is 11.8. The molecule has 1 atom stereocenters. The Labute approximate surface area is 111 Å². The highest BCUT2D eigenvalue weighted by Gasteiger charge is 2.54. The summed E-state index contributed by atoms with van der Waals surface area (Å²) in [4.78, 5) is 23.2. The lowest BCUT2D eigenvalue weighted by Gasteiger charge is -2.38. The number of hydrogen-bond donors (Lipinski definition) is 2. The van der Waals surface area contributed by atoms with Gasteiger partial charge in [-0.15, -0.1) is 0 Å². The topological polar surface area (TPSA) is 74.6 Å². The van der Waals surface area contributed by atoms with E-state index in [1.807, 2.05) is 0 Å². The summed E-state index contributed by atoms with van der Waals surface area (Å²) in [5.41, 5.74) is 0.291. The van der Waals surface area contributed by atoms with Crippen LogP contribution in [0.1, 0.15) is 26.3 Å². The largest absolute Gasteiger partial charge is 0.523 e. The zero-order valence-electron chi connectivity index (χ0n) is 11.0. The van der Waals surface area contributed by atoms with Gasteiger partial charge in [-0.05, 0) is 26.8 Å². The van der Waals surface area contributed by atoms with Gasteiger partial charge in [0.05, 0.1) is 5.56 Å². The molecule has 1 amide bonds. The molecule has 1 aliphatic heterocycles. The molecule has 0 radical (unpaired) electrons. The molecule has 1 heterocycles. The highest BCUT2D eigenvalue weighted by molar-refractivity contribution is 6.20. The monoisotopic (exact) mass is 262 g/mol. The molecule has 100 valence electrons. The summed E-state index contributed by atoms with van der Waals surface area (Å²) < 4.78 is -0.509. The van der Waals surface area contributed by atoms with E-state index in [2.05, 4.69) is 0 Å². The van der Waals surface area contributed by atoms with Gasteiger partial charge in [0.25, 0.3) is 0 Å². The van der Waals surface area contributed by atoms with E-state index in [0.717, 1.165) is 0 Å². The molecule has 1 aliphatic rings. The van der Waals surface area contributed by atoms with Crippen molar-refractivity contribution in [3.63, 3.8) is 0 Å². The van der Waals surface area contributed by atoms with Gasteiger partial charge in [0, 0.05) is 6.07 Å². The number of aliphatic carboxylic acids is 1. The van der Waals surface area contributed by atoms with Gasteiger partial charge in [0.1, 0.15) is 17.3 Å². The number of nitrogens with zero attached hydrogens (tertiary/aromatic N) is 1. The number of para-hydroxylation sites is 1. The maximum Gasteiger partial charge on any atom is 0.523 e. The van der Waals surface area contributed by atoms with Gasteiger partial charge < -0.3 is 10.2 Å². The van der Waals surface area contributed by atoms with E-state index in [9.17, 15) is 19.8 Å². The Bertz CT molecular complexity index is 598. The SMILES string of the molecule is CC(C)(C)[N+]1(C(=O)O)C=C(C(=O)O)c2ccccc21. The number of quaternary nitrogens is 1. The molecule has 0 bridgehead atoms. The van der Waals surface area contributed by atoms with Crippen molar-refractivity contribution in [1.82, 2.24) is 4.48 Å². The second-order valence-electron chi connectivity index (χ2n) is 5.54. The summed E-state index contributed by atoms with van der Waals surface area (Å²) in [6.45, 7) is 5.33. The minimum Gasteiger partial charge on any atom is -0.477 e. The molecule has 0 saturated heterocycles. The van der Waals surface area contributed by atoms with Crippen molar-refractivity contribution in [3.8, 4) is 0 Å². The van der Waals surface area contributed by atoms with E-state index in [1.54, 1.807) is 45.0 Å². The van der Waals surface area contributed by atoms with Crippen LogP contribution in [-0.4, -0.2) is 27.8 Å². The summed E-state index contributed by atoms with van der Waals surface area (Å²) >= 11 is 0. The van der Waals surface area contributed by atoms with Crippen molar-refractivity contribution >= 4 is 23.3 Å². The Morgan fingerprint density at radius 2 is 1.68 bits per heavy atom. The molecule has 0 spiro atoms. The molecule has 1 unspecified atom stereocenters. The fourth-order valence-corrected chi connectivity index (χ4v) is 2.51. The number of rotatable bonds is 1. The lowest BCUT2D eigenvalue weighted by atomic mass is 10.0. The molecule has 5 heteroatoms. The lowest BCUT2D eigenvalue weighted by molar-refractivity contribution is -0.130. The van der Waals surface area contributed by atoms with Crippen molar-refractivity contribution in [1.29, 1.82) is 0 Å². The van der Waals surface area contributed by atoms with Crippen LogP contribution in [0.5, 0.6) is 0 Å². The molecule has 0 aliphatic carbocycles. The molecular formula is C14H16NO4+. The fourth-order valence-electron chi connectivity index (χ4n) is 2.51. The van der Waals surface area contributed by atoms with Crippen LogP contribution in [0.3, 0.4) is 0 Å². The fraction of sp³-hybridized carbons (Fsp3) is 0.286. The lowest BCUT2D eigenvalue weighted by Crippen LogP contribution is -2.60. The van der Waals surface area contributed by atoms with Crippen molar-refractivity contribution in [2.45, 2.75) is 26.3 Å². The van der Waals surface area contributed by atoms with Gasteiger partial charge in [0.15, 0.2) is 5.69 Å². The van der Waals surface area contributed by atoms with Gasteiger partial charge in [0.2, 0.25) is 0 Å². The molecule has 1 aromatic rings. The third-order valence-electron chi connectivity index (χ3n) is 3.49. The van der Waals surface area contributed by atoms with Crippen LogP contribution in [0.4, 0.5) is 10.5 Å². The number of hydrogen-bond acceptors (Lipinski definition) is 2. The molecule has 2 rings (SSSR count). The summed E-state index contributed by atoms with van der Waals surface area (Å²) in [5.74, 6) is -1.11. The first-order valence-electron chi connectivity index (χ1n) is 5.90. The third kappa shape index (κ3) is 1.66. The normalized spacial score (nSPS) is 21.7. The predicted molar refractivity (Wildman–Crippen MR) is 71.6 cm³/mol. The van der Waals surface area contributed by atoms with E-state index in [0.29, 0.717) is 11.3 Å². The first-order valence-corrected chi connectivity index (χ1v) is 5.90. The van der Waals surface area contributed by atoms with Crippen LogP contribution in [0.25, 0.3) is 5.57 Å². The Kier molecular flexibility index (Phi) is 2.75. The average Bonchev–Trinajstić information content (AvgIpc) is 2.64. The molecule has 2 N–H and O–H groups in total. The molecule has 0 fully saturated rings. The van der Waals surface area contributed by atoms with E-state index in [4.69, 9.17) is 0 Å². The smallest absolute Gasteiger partial charge is 0.477 e. The summed E-state index contributed by atoms with van der Waals surface area (Å²) in [6.07, 6.45) is 0.228. The quantitative estimate of drug-likeness (QED) is 0.763. The Morgan fingerprint density at radius 1 is 1.11 bits per heavy atom. The van der Waals surface area contributed by atoms with Gasteiger partial charge in [-0.3, -0.25) is 0 Å². The zero-order chi connectivity index (χ0) is 14.4. The van der Waals surface area contributed by atoms with Gasteiger partial charge >= 0.3 is 12.1 Å². The first-order chi connectivity index (χ1) is 8.72. The number of fused-ring (bicyclic) bond motifs is 1. The van der Waals surface area contributed by atoms with Crippen molar-refractivity contribution in [3.05, 3.63) is 36.0 Å². The molecule has 1 aromatic carbocycles. The molecule has 0 saturated carbocycles. The average molecular weight is 262 g/mol. The highest BCUT2D eigenvalue weighted by Crippen LogP contribution is 2.45. The second kappa shape index (κ2) is 3.93. The van der Waals surface area contributed by atoms with Crippen LogP contribution >= 0.6 is 0 Å². The molecule has 5 nitrogen and oxygen atoms in total. The van der Waals surface area contributed by atoms with E-state index in [1.165, 1.54) is 6.20 Å². The highest BCUT2D eigenvalue weighted by atomic mass is 16.4. The van der Waals surface area contributed by atoms with Gasteiger partial charge in [-0.2, -0.15) is 9.28 Å². The number of carboxylic acid groups (broad SMARTS) is 2. The number of benzene rings is 1. The van der Waals surface area contributed by atoms with Crippen molar-refractivity contribution in [2.75, 3.05) is 0 Å². The second-order valence-corrected chi connectivity index (χ2v) is 5.54. The zero-order valence-corrected chi connectivity index (χ0v) is 11.0. The van der Waals surface area contributed by atoms with Crippen LogP contribution in [0, 0.1) is 0 Å². The number of amides is 1. The molecule has 0 aromatic heterocycles. The van der Waals surface area contributed by atoms with E-state index < -0.39 is 22.1 Å². The summed E-state index contributed by atoms with van der Waals surface area (Å²) in [6, 6.07) is 6.74. The minimum absolute atomic E-state index is 0.0351. The third-order valence-corrected chi connectivity index (χ3v) is 3.49. The summed E-state index contributed by atoms with van der Waals surface area (Å²) in [7, 11) is 0. The van der Waals surface area contributed by atoms with Crippen LogP contribution in [0.2, 0.25) is 0 Å². The van der Waals surface area contributed by atoms with E-state index >= 15 is 0 Å². The summed E-state index contributed by atoms with van der Waals surface area (Å²) in [5, 5.41) is 18.9. The van der Waals surface area contributed by atoms with Crippen LogP contribution in [-0.2, 0) is 4.79 Å². The van der Waals surface area contributed by atoms with Gasteiger partial charge in [-0.25, -0.2) is 4.79 Å². The Balaban J connectivity index is 2.84. The molecular weight excluding hydrogens is 246 g/mol. The maximum atomic E-state index is 11.8. The Hall–Kier alpha value is -2.14. The minimum atomic E-state index is -1.11. The van der Waals surface area contributed by atoms with E-state index in [-0.39, 0.29) is 5.57 Å². The van der Waals surface area contributed by atoms with Gasteiger partial charge in [-0.1, -0.05) is 12.1 Å². The van der Waals surface area contributed by atoms with Crippen molar-refractivity contribution in [2.24, 2.45) is 0 Å². The number of carboxylic acids is 1. The Morgan fingerprint density at radius 3 is 2.16 bits per heavy atom. The predicted octanol–water partition coefficient (Wildman–Crippen LogP) is 2.91. The van der Waals surface area contributed by atoms with Crippen LogP contribution < -0.4 is 4.48 Å². The van der Waals surface area contributed by atoms with Crippen molar-refractivity contribution < 1.29 is 19.8 Å². The van der Waals surface area contributed by atoms with Crippen LogP contribution in [0.15, 0.2) is 30.5 Å². The number of carbonyl (C=O) groups is 2. The standard InChI is InChI=1S/C14H15NO4/c1-14(2,3)15(13(18)19)8-10(12(16)17)9-6-4-5-7-11(9)15/h4-8H,1-3H3,(H-,16,17,18,19)/p+1. The first kappa shape index (κ1) is 13.3. The molecule has 19 heavy (non-hydrogen) atoms.